The Labute approximate surface area is 153 Å². The molecule has 0 aromatic heterocycles. The molecule has 136 valence electrons. The van der Waals surface area contributed by atoms with Crippen LogP contribution in [-0.2, 0) is 4.79 Å². The van der Waals surface area contributed by atoms with Crippen LogP contribution in [0.25, 0.3) is 0 Å². The average molecular weight is 353 g/mol. The van der Waals surface area contributed by atoms with E-state index in [-0.39, 0.29) is 17.2 Å². The third-order valence-electron chi connectivity index (χ3n) is 4.70. The van der Waals surface area contributed by atoms with Crippen LogP contribution >= 0.6 is 0 Å². The molecule has 5 heteroatoms. The number of carbonyl (C=O) groups excluding carboxylic acids is 1. The van der Waals surface area contributed by atoms with Gasteiger partial charge in [0, 0.05) is 23.7 Å². The summed E-state index contributed by atoms with van der Waals surface area (Å²) >= 11 is 0. The van der Waals surface area contributed by atoms with Crippen molar-refractivity contribution in [3.8, 4) is 5.75 Å². The summed E-state index contributed by atoms with van der Waals surface area (Å²) in [7, 11) is 0. The van der Waals surface area contributed by atoms with Crippen LogP contribution in [0.15, 0.2) is 48.5 Å². The maximum atomic E-state index is 13.1. The highest BCUT2D eigenvalue weighted by molar-refractivity contribution is 6.07. The highest BCUT2D eigenvalue weighted by Crippen LogP contribution is 2.46. The number of anilines is 1. The van der Waals surface area contributed by atoms with Crippen molar-refractivity contribution in [2.24, 2.45) is 5.41 Å². The number of hydrogen-bond acceptors (Lipinski definition) is 3. The van der Waals surface area contributed by atoms with Crippen molar-refractivity contribution in [2.75, 3.05) is 18.1 Å². The summed E-state index contributed by atoms with van der Waals surface area (Å²) in [5.74, 6) is -0.527. The van der Waals surface area contributed by atoms with Gasteiger partial charge in [0.2, 0.25) is 0 Å². The van der Waals surface area contributed by atoms with E-state index in [4.69, 9.17) is 9.84 Å². The van der Waals surface area contributed by atoms with E-state index >= 15 is 0 Å². The molecule has 1 amide bonds. The summed E-state index contributed by atoms with van der Waals surface area (Å²) in [4.78, 5) is 25.6. The first-order valence-electron chi connectivity index (χ1n) is 8.63. The number of carbonyl (C=O) groups is 2. The lowest BCUT2D eigenvalue weighted by Gasteiger charge is -2.27. The summed E-state index contributed by atoms with van der Waals surface area (Å²) in [5.41, 5.74) is 2.65. The van der Waals surface area contributed by atoms with Gasteiger partial charge in [-0.15, -0.1) is 0 Å². The number of carboxylic acid groups (broad SMARTS) is 1. The van der Waals surface area contributed by atoms with E-state index in [1.165, 1.54) is 5.56 Å². The Morgan fingerprint density at radius 2 is 1.88 bits per heavy atom. The van der Waals surface area contributed by atoms with E-state index in [0.29, 0.717) is 17.9 Å². The lowest BCUT2D eigenvalue weighted by molar-refractivity contribution is -0.139. The molecule has 0 bridgehead atoms. The number of para-hydroxylation sites is 1. The first kappa shape index (κ1) is 18.0. The van der Waals surface area contributed by atoms with E-state index in [2.05, 4.69) is 26.8 Å². The fourth-order valence-corrected chi connectivity index (χ4v) is 3.36. The highest BCUT2D eigenvalue weighted by atomic mass is 16.5. The van der Waals surface area contributed by atoms with E-state index in [0.717, 1.165) is 5.69 Å². The molecular formula is C21H23NO4. The molecular weight excluding hydrogens is 330 g/mol. The van der Waals surface area contributed by atoms with Crippen molar-refractivity contribution >= 4 is 17.6 Å². The molecule has 1 unspecified atom stereocenters. The number of nitrogens with zero attached hydrogens (tertiary/aromatic N) is 1. The van der Waals surface area contributed by atoms with Gasteiger partial charge in [0.05, 0.1) is 0 Å². The maximum absolute atomic E-state index is 13.1. The Balaban J connectivity index is 1.89. The predicted molar refractivity (Wildman–Crippen MR) is 99.9 cm³/mol. The minimum atomic E-state index is -1.05. The van der Waals surface area contributed by atoms with Crippen LogP contribution in [0.1, 0.15) is 42.6 Å². The summed E-state index contributed by atoms with van der Waals surface area (Å²) < 4.78 is 5.20. The molecule has 1 atom stereocenters. The molecule has 1 heterocycles. The number of ether oxygens (including phenoxy) is 1. The zero-order chi connectivity index (χ0) is 18.9. The quantitative estimate of drug-likeness (QED) is 0.904. The zero-order valence-corrected chi connectivity index (χ0v) is 15.2. The summed E-state index contributed by atoms with van der Waals surface area (Å²) in [6.45, 7) is 6.74. The van der Waals surface area contributed by atoms with Gasteiger partial charge in [-0.05, 0) is 35.2 Å². The summed E-state index contributed by atoms with van der Waals surface area (Å²) in [6.07, 6.45) is 0. The van der Waals surface area contributed by atoms with Gasteiger partial charge in [0.1, 0.15) is 5.75 Å². The van der Waals surface area contributed by atoms with E-state index in [1.54, 1.807) is 24.3 Å². The molecule has 1 aliphatic heterocycles. The molecule has 26 heavy (non-hydrogen) atoms. The number of amides is 1. The predicted octanol–water partition coefficient (Wildman–Crippen LogP) is 3.94. The Kier molecular flexibility index (Phi) is 4.72. The van der Waals surface area contributed by atoms with Gasteiger partial charge in [-0.25, -0.2) is 4.79 Å². The first-order chi connectivity index (χ1) is 12.3. The fourth-order valence-electron chi connectivity index (χ4n) is 3.36. The second kappa shape index (κ2) is 6.83. The standard InChI is InChI=1S/C21H23NO4/c1-21(2,3)17-12-22(18-10-5-4-9-16(17)18)20(25)14-7-6-8-15(11-14)26-13-19(23)24/h4-11,17H,12-13H2,1-3H3,(H,23,24). The number of aliphatic carboxylic acids is 1. The lowest BCUT2D eigenvalue weighted by atomic mass is 9.78. The molecule has 0 spiro atoms. The molecule has 0 saturated carbocycles. The van der Waals surface area contributed by atoms with Crippen LogP contribution in [0.3, 0.4) is 0 Å². The second-order valence-corrected chi connectivity index (χ2v) is 7.60. The molecule has 0 saturated heterocycles. The van der Waals surface area contributed by atoms with Crippen molar-refractivity contribution in [2.45, 2.75) is 26.7 Å². The van der Waals surface area contributed by atoms with Crippen LogP contribution in [-0.4, -0.2) is 30.1 Å². The topological polar surface area (TPSA) is 66.8 Å². The summed E-state index contributed by atoms with van der Waals surface area (Å²) in [5, 5.41) is 8.74. The van der Waals surface area contributed by atoms with Crippen LogP contribution in [0.5, 0.6) is 5.75 Å². The molecule has 0 radical (unpaired) electrons. The first-order valence-corrected chi connectivity index (χ1v) is 8.63. The summed E-state index contributed by atoms with van der Waals surface area (Å²) in [6, 6.07) is 14.7. The van der Waals surface area contributed by atoms with Crippen LogP contribution in [0.2, 0.25) is 0 Å². The minimum Gasteiger partial charge on any atom is -0.482 e. The molecule has 2 aromatic carbocycles. The molecule has 2 aromatic rings. The van der Waals surface area contributed by atoms with Gasteiger partial charge >= 0.3 is 5.97 Å². The molecule has 0 fully saturated rings. The number of rotatable bonds is 4. The molecule has 0 aliphatic carbocycles. The largest absolute Gasteiger partial charge is 0.482 e. The normalized spacial score (nSPS) is 16.3. The Hall–Kier alpha value is -2.82. The van der Waals surface area contributed by atoms with Crippen molar-refractivity contribution in [3.63, 3.8) is 0 Å². The van der Waals surface area contributed by atoms with Gasteiger partial charge in [-0.1, -0.05) is 45.0 Å². The number of benzene rings is 2. The van der Waals surface area contributed by atoms with Crippen molar-refractivity contribution in [1.82, 2.24) is 0 Å². The van der Waals surface area contributed by atoms with Gasteiger partial charge in [-0.2, -0.15) is 0 Å². The fraction of sp³-hybridized carbons (Fsp3) is 0.333. The number of hydrogen-bond donors (Lipinski definition) is 1. The number of fused-ring (bicyclic) bond motifs is 1. The Bertz CT molecular complexity index is 838. The van der Waals surface area contributed by atoms with Crippen molar-refractivity contribution in [3.05, 3.63) is 59.7 Å². The van der Waals surface area contributed by atoms with Gasteiger partial charge in [-0.3, -0.25) is 4.79 Å². The second-order valence-electron chi connectivity index (χ2n) is 7.60. The van der Waals surface area contributed by atoms with Gasteiger partial charge in [0.15, 0.2) is 6.61 Å². The molecule has 3 rings (SSSR count). The third kappa shape index (κ3) is 3.57. The zero-order valence-electron chi connectivity index (χ0n) is 15.2. The van der Waals surface area contributed by atoms with Gasteiger partial charge < -0.3 is 14.7 Å². The van der Waals surface area contributed by atoms with Crippen LogP contribution in [0, 0.1) is 5.41 Å². The smallest absolute Gasteiger partial charge is 0.341 e. The minimum absolute atomic E-state index is 0.0393. The number of carboxylic acids is 1. The SMILES string of the molecule is CC(C)(C)C1CN(C(=O)c2cccc(OCC(=O)O)c2)c2ccccc21. The lowest BCUT2D eigenvalue weighted by Crippen LogP contribution is -2.32. The average Bonchev–Trinajstić information content (AvgIpc) is 2.99. The third-order valence-corrected chi connectivity index (χ3v) is 4.70. The van der Waals surface area contributed by atoms with Crippen molar-refractivity contribution < 1.29 is 19.4 Å². The maximum Gasteiger partial charge on any atom is 0.341 e. The molecule has 1 N–H and O–H groups in total. The van der Waals surface area contributed by atoms with Crippen molar-refractivity contribution in [1.29, 1.82) is 0 Å². The molecule has 5 nitrogen and oxygen atoms in total. The van der Waals surface area contributed by atoms with Crippen LogP contribution < -0.4 is 9.64 Å². The van der Waals surface area contributed by atoms with Crippen LogP contribution in [0.4, 0.5) is 5.69 Å². The van der Waals surface area contributed by atoms with Gasteiger partial charge in [0.25, 0.3) is 5.91 Å². The highest BCUT2D eigenvalue weighted by Gasteiger charge is 2.38. The Morgan fingerprint density at radius 1 is 1.15 bits per heavy atom. The van der Waals surface area contributed by atoms with E-state index < -0.39 is 12.6 Å². The van der Waals surface area contributed by atoms with E-state index in [1.807, 2.05) is 23.1 Å². The molecule has 1 aliphatic rings. The monoisotopic (exact) mass is 353 g/mol. The Morgan fingerprint density at radius 3 is 2.58 bits per heavy atom. The van der Waals surface area contributed by atoms with E-state index in [9.17, 15) is 9.59 Å².